The predicted molar refractivity (Wildman–Crippen MR) is 89.1 cm³/mol. The molecule has 0 atom stereocenters. The zero-order valence-corrected chi connectivity index (χ0v) is 13.0. The minimum absolute atomic E-state index is 0.260. The number of benzene rings is 2. The van der Waals surface area contributed by atoms with Gasteiger partial charge >= 0.3 is 5.97 Å². The first kappa shape index (κ1) is 13.8. The Morgan fingerprint density at radius 1 is 1.10 bits per heavy atom. The maximum absolute atomic E-state index is 11.3. The Kier molecular flexibility index (Phi) is 3.74. The summed E-state index contributed by atoms with van der Waals surface area (Å²) in [7, 11) is 0. The summed E-state index contributed by atoms with van der Waals surface area (Å²) in [6.45, 7) is 0. The van der Waals surface area contributed by atoms with Gasteiger partial charge in [-0.15, -0.1) is 0 Å². The summed E-state index contributed by atoms with van der Waals surface area (Å²) in [5.41, 5.74) is 3.37. The molecule has 0 aliphatic heterocycles. The highest BCUT2D eigenvalue weighted by Gasteiger charge is 2.13. The van der Waals surface area contributed by atoms with Crippen LogP contribution in [0, 0.1) is 3.57 Å². The highest BCUT2D eigenvalue weighted by Crippen LogP contribution is 2.26. The minimum atomic E-state index is -0.948. The van der Waals surface area contributed by atoms with Crippen LogP contribution in [-0.2, 0) is 0 Å². The lowest BCUT2D eigenvalue weighted by molar-refractivity contribution is 0.0697. The molecule has 1 aromatic heterocycles. The van der Waals surface area contributed by atoms with E-state index in [4.69, 9.17) is 0 Å². The number of aromatic amines is 1. The Hall–Kier alpha value is -2.15. The molecule has 3 aromatic rings. The maximum atomic E-state index is 11.3. The second kappa shape index (κ2) is 5.69. The van der Waals surface area contributed by atoms with Gasteiger partial charge in [0, 0.05) is 14.7 Å². The van der Waals surface area contributed by atoms with Crippen LogP contribution in [-0.4, -0.2) is 21.3 Å². The van der Waals surface area contributed by atoms with Crippen molar-refractivity contribution in [2.24, 2.45) is 0 Å². The number of hydrogen-bond donors (Lipinski definition) is 2. The Balaban J connectivity index is 2.03. The Morgan fingerprint density at radius 3 is 2.52 bits per heavy atom. The lowest BCUT2D eigenvalue weighted by atomic mass is 10.0. The fraction of sp³-hybridized carbons (Fsp3) is 0. The number of nitrogens with zero attached hydrogens (tertiary/aromatic N) is 1. The highest BCUT2D eigenvalue weighted by atomic mass is 127. The van der Waals surface area contributed by atoms with Gasteiger partial charge in [-0.1, -0.05) is 30.3 Å². The van der Waals surface area contributed by atoms with Crippen molar-refractivity contribution in [3.05, 3.63) is 63.7 Å². The topological polar surface area (TPSA) is 66.0 Å². The molecule has 0 aliphatic rings. The van der Waals surface area contributed by atoms with Crippen LogP contribution in [0.5, 0.6) is 0 Å². The number of rotatable bonds is 3. The van der Waals surface area contributed by atoms with E-state index in [9.17, 15) is 9.90 Å². The van der Waals surface area contributed by atoms with Crippen molar-refractivity contribution in [3.63, 3.8) is 0 Å². The van der Waals surface area contributed by atoms with Crippen LogP contribution < -0.4 is 0 Å². The van der Waals surface area contributed by atoms with Gasteiger partial charge in [-0.2, -0.15) is 5.10 Å². The van der Waals surface area contributed by atoms with Gasteiger partial charge in [-0.3, -0.25) is 5.10 Å². The van der Waals surface area contributed by atoms with E-state index < -0.39 is 5.97 Å². The Morgan fingerprint density at radius 2 is 1.81 bits per heavy atom. The van der Waals surface area contributed by atoms with Gasteiger partial charge in [-0.25, -0.2) is 4.79 Å². The van der Waals surface area contributed by atoms with Crippen LogP contribution in [0.4, 0.5) is 0 Å². The summed E-state index contributed by atoms with van der Waals surface area (Å²) in [6, 6.07) is 16.7. The second-order valence-corrected chi connectivity index (χ2v) is 5.77. The van der Waals surface area contributed by atoms with Crippen molar-refractivity contribution in [3.8, 4) is 22.5 Å². The molecule has 0 bridgehead atoms. The zero-order chi connectivity index (χ0) is 14.8. The van der Waals surface area contributed by atoms with E-state index in [1.165, 1.54) is 0 Å². The van der Waals surface area contributed by atoms with Gasteiger partial charge in [-0.05, 0) is 46.9 Å². The molecule has 0 saturated heterocycles. The monoisotopic (exact) mass is 390 g/mol. The molecular weight excluding hydrogens is 379 g/mol. The van der Waals surface area contributed by atoms with Gasteiger partial charge in [0.15, 0.2) is 0 Å². The van der Waals surface area contributed by atoms with Crippen molar-refractivity contribution in [1.29, 1.82) is 0 Å². The fourth-order valence-corrected chi connectivity index (χ4v) is 2.49. The van der Waals surface area contributed by atoms with E-state index in [0.29, 0.717) is 11.3 Å². The molecule has 0 amide bonds. The summed E-state index contributed by atoms with van der Waals surface area (Å²) in [4.78, 5) is 11.3. The lowest BCUT2D eigenvalue weighted by Gasteiger charge is -2.02. The van der Waals surface area contributed by atoms with Crippen molar-refractivity contribution in [2.75, 3.05) is 0 Å². The van der Waals surface area contributed by atoms with Crippen molar-refractivity contribution in [2.45, 2.75) is 0 Å². The number of carbonyl (C=O) groups is 1. The number of H-pyrrole nitrogens is 1. The number of carboxylic acid groups (broad SMARTS) is 1. The van der Waals surface area contributed by atoms with Crippen molar-refractivity contribution in [1.82, 2.24) is 10.2 Å². The van der Waals surface area contributed by atoms with Crippen LogP contribution in [0.25, 0.3) is 22.5 Å². The van der Waals surface area contributed by atoms with E-state index in [0.717, 1.165) is 14.8 Å². The molecule has 0 aliphatic carbocycles. The van der Waals surface area contributed by atoms with E-state index in [2.05, 4.69) is 32.8 Å². The van der Waals surface area contributed by atoms with Gasteiger partial charge < -0.3 is 5.11 Å². The normalized spacial score (nSPS) is 10.5. The smallest absolute Gasteiger partial charge is 0.336 e. The molecule has 0 unspecified atom stereocenters. The van der Waals surface area contributed by atoms with Crippen molar-refractivity contribution >= 4 is 28.6 Å². The van der Waals surface area contributed by atoms with E-state index in [-0.39, 0.29) is 5.56 Å². The third kappa shape index (κ3) is 2.82. The molecule has 2 N–H and O–H groups in total. The molecule has 3 rings (SSSR count). The highest BCUT2D eigenvalue weighted by molar-refractivity contribution is 14.1. The first-order chi connectivity index (χ1) is 10.1. The SMILES string of the molecule is O=C(O)c1ccccc1-c1cc(-c2ccc(I)cc2)n[nH]1. The zero-order valence-electron chi connectivity index (χ0n) is 10.9. The first-order valence-corrected chi connectivity index (χ1v) is 7.37. The maximum Gasteiger partial charge on any atom is 0.336 e. The molecular formula is C16H11IN2O2. The predicted octanol–water partition coefficient (Wildman–Crippen LogP) is 4.05. The molecule has 0 saturated carbocycles. The minimum Gasteiger partial charge on any atom is -0.478 e. The summed E-state index contributed by atoms with van der Waals surface area (Å²) in [5.74, 6) is -0.948. The average Bonchev–Trinajstić information content (AvgIpc) is 2.97. The second-order valence-electron chi connectivity index (χ2n) is 4.52. The summed E-state index contributed by atoms with van der Waals surface area (Å²) >= 11 is 2.25. The van der Waals surface area contributed by atoms with E-state index >= 15 is 0 Å². The third-order valence-electron chi connectivity index (χ3n) is 3.17. The number of nitrogens with one attached hydrogen (secondary N) is 1. The lowest BCUT2D eigenvalue weighted by Crippen LogP contribution is -1.98. The number of aromatic carboxylic acids is 1. The summed E-state index contributed by atoms with van der Waals surface area (Å²) in [6.07, 6.45) is 0. The standard InChI is InChI=1S/C16H11IN2O2/c17-11-7-5-10(6-8-11)14-9-15(19-18-14)12-3-1-2-4-13(12)16(20)21/h1-9H,(H,18,19)(H,20,21). The molecule has 0 fully saturated rings. The van der Waals surface area contributed by atoms with Crippen LogP contribution in [0.3, 0.4) is 0 Å². The number of halogens is 1. The molecule has 0 spiro atoms. The molecule has 5 heteroatoms. The number of aromatic nitrogens is 2. The van der Waals surface area contributed by atoms with Gasteiger partial charge in [0.2, 0.25) is 0 Å². The largest absolute Gasteiger partial charge is 0.478 e. The molecule has 21 heavy (non-hydrogen) atoms. The molecule has 4 nitrogen and oxygen atoms in total. The van der Waals surface area contributed by atoms with Crippen molar-refractivity contribution < 1.29 is 9.90 Å². The third-order valence-corrected chi connectivity index (χ3v) is 3.88. The van der Waals surface area contributed by atoms with Gasteiger partial charge in [0.1, 0.15) is 0 Å². The van der Waals surface area contributed by atoms with Gasteiger partial charge in [0.05, 0.1) is 17.0 Å². The van der Waals surface area contributed by atoms with Crippen LogP contribution in [0.1, 0.15) is 10.4 Å². The first-order valence-electron chi connectivity index (χ1n) is 6.29. The van der Waals surface area contributed by atoms with Crippen LogP contribution >= 0.6 is 22.6 Å². The molecule has 104 valence electrons. The number of hydrogen-bond acceptors (Lipinski definition) is 2. The Bertz CT molecular complexity index is 794. The number of carboxylic acids is 1. The molecule has 0 radical (unpaired) electrons. The van der Waals surface area contributed by atoms with Crippen LogP contribution in [0.2, 0.25) is 0 Å². The summed E-state index contributed by atoms with van der Waals surface area (Å²) < 4.78 is 1.16. The fourth-order valence-electron chi connectivity index (χ4n) is 2.13. The van der Waals surface area contributed by atoms with E-state index in [1.807, 2.05) is 36.4 Å². The van der Waals surface area contributed by atoms with E-state index in [1.54, 1.807) is 18.2 Å². The molecule has 2 aromatic carbocycles. The summed E-state index contributed by atoms with van der Waals surface area (Å²) in [5, 5.41) is 16.4. The van der Waals surface area contributed by atoms with Gasteiger partial charge in [0.25, 0.3) is 0 Å². The quantitative estimate of drug-likeness (QED) is 0.664. The van der Waals surface area contributed by atoms with Crippen LogP contribution in [0.15, 0.2) is 54.6 Å². The molecule has 1 heterocycles. The Labute approximate surface area is 135 Å². The average molecular weight is 390 g/mol.